The van der Waals surface area contributed by atoms with E-state index in [2.05, 4.69) is 212 Å². The molecule has 67 heavy (non-hydrogen) atoms. The van der Waals surface area contributed by atoms with Gasteiger partial charge in [0.2, 0.25) is 0 Å². The molecule has 0 saturated heterocycles. The Balaban J connectivity index is 0.843. The van der Waals surface area contributed by atoms with E-state index in [4.69, 9.17) is 9.97 Å². The molecule has 0 spiro atoms. The lowest BCUT2D eigenvalue weighted by Crippen LogP contribution is -1.96. The summed E-state index contributed by atoms with van der Waals surface area (Å²) < 4.78 is 1.29. The predicted molar refractivity (Wildman–Crippen MR) is 286 cm³/mol. The topological polar surface area (TPSA) is 25.8 Å². The van der Waals surface area contributed by atoms with Gasteiger partial charge in [0.05, 0.1) is 11.4 Å². The SMILES string of the molecule is c1ccc(-c2nc(-c3ccc(-c4ccc(-c5cc6ccc7cccc8c9cccc%10ccc%11cccc(c(c5)c6c78)c%11c%109)cc4)cc3)cc(-c3cccc(-c4cc5ccccc5s4)c3)n2)cc1. The van der Waals surface area contributed by atoms with Gasteiger partial charge in [-0.2, -0.15) is 0 Å². The van der Waals surface area contributed by atoms with Gasteiger partial charge in [0.15, 0.2) is 5.82 Å². The molecular weight excluding hydrogens is 829 g/mol. The van der Waals surface area contributed by atoms with Crippen LogP contribution in [0, 0.1) is 0 Å². The van der Waals surface area contributed by atoms with Gasteiger partial charge in [-0.3, -0.25) is 0 Å². The summed E-state index contributed by atoms with van der Waals surface area (Å²) >= 11 is 1.82. The third kappa shape index (κ3) is 6.24. The van der Waals surface area contributed by atoms with Crippen LogP contribution in [0.25, 0.3) is 141 Å². The number of aromatic nitrogens is 2. The van der Waals surface area contributed by atoms with Crippen LogP contribution in [-0.2, 0) is 0 Å². The van der Waals surface area contributed by atoms with Crippen molar-refractivity contribution in [2.45, 2.75) is 0 Å². The molecule has 0 atom stereocenters. The van der Waals surface area contributed by atoms with Crippen LogP contribution in [0.4, 0.5) is 0 Å². The Morgan fingerprint density at radius 3 is 1.37 bits per heavy atom. The first-order valence-electron chi connectivity index (χ1n) is 22.9. The van der Waals surface area contributed by atoms with Crippen molar-refractivity contribution in [1.29, 1.82) is 0 Å². The Kier molecular flexibility index (Phi) is 8.49. The summed E-state index contributed by atoms with van der Waals surface area (Å²) in [5, 5.41) is 16.8. The molecule has 0 fully saturated rings. The summed E-state index contributed by atoms with van der Waals surface area (Å²) in [5.74, 6) is 0.709. The molecule has 12 aromatic carbocycles. The number of nitrogens with zero attached hydrogens (tertiary/aromatic N) is 2. The average molecular weight is 867 g/mol. The van der Waals surface area contributed by atoms with Crippen molar-refractivity contribution in [2.75, 3.05) is 0 Å². The van der Waals surface area contributed by atoms with Gasteiger partial charge in [-0.05, 0) is 134 Å². The van der Waals surface area contributed by atoms with Crippen molar-refractivity contribution in [3.63, 3.8) is 0 Å². The van der Waals surface area contributed by atoms with Crippen molar-refractivity contribution in [1.82, 2.24) is 9.97 Å². The molecule has 0 radical (unpaired) electrons. The molecule has 0 N–H and O–H groups in total. The smallest absolute Gasteiger partial charge is 0.160 e. The number of benzene rings is 11. The Morgan fingerprint density at radius 2 is 0.731 bits per heavy atom. The van der Waals surface area contributed by atoms with E-state index in [0.29, 0.717) is 5.82 Å². The molecule has 310 valence electrons. The van der Waals surface area contributed by atoms with Gasteiger partial charge in [-0.25, -0.2) is 9.97 Å². The second-order valence-corrected chi connectivity index (χ2v) is 18.8. The molecule has 0 aliphatic carbocycles. The number of fused-ring (bicyclic) bond motifs is 3. The molecule has 0 aliphatic rings. The van der Waals surface area contributed by atoms with Crippen LogP contribution in [0.15, 0.2) is 231 Å². The lowest BCUT2D eigenvalue weighted by Gasteiger charge is -2.17. The number of hydrogen-bond donors (Lipinski definition) is 0. The van der Waals surface area contributed by atoms with Crippen LogP contribution in [0.2, 0.25) is 0 Å². The van der Waals surface area contributed by atoms with Crippen molar-refractivity contribution in [3.05, 3.63) is 231 Å². The first-order chi connectivity index (χ1) is 33.2. The van der Waals surface area contributed by atoms with E-state index in [9.17, 15) is 0 Å². The Morgan fingerprint density at radius 1 is 0.254 bits per heavy atom. The van der Waals surface area contributed by atoms with Crippen LogP contribution in [0.3, 0.4) is 0 Å². The molecule has 14 rings (SSSR count). The highest BCUT2D eigenvalue weighted by molar-refractivity contribution is 7.22. The van der Waals surface area contributed by atoms with Gasteiger partial charge < -0.3 is 0 Å². The Bertz CT molecular complexity index is 4210. The summed E-state index contributed by atoms with van der Waals surface area (Å²) in [6, 6.07) is 84.2. The summed E-state index contributed by atoms with van der Waals surface area (Å²) in [6.07, 6.45) is 0. The molecule has 2 aromatic heterocycles. The van der Waals surface area contributed by atoms with Gasteiger partial charge in [-0.15, -0.1) is 11.3 Å². The van der Waals surface area contributed by atoms with E-state index in [1.807, 2.05) is 29.5 Å². The fraction of sp³-hybridized carbons (Fsp3) is 0. The highest BCUT2D eigenvalue weighted by atomic mass is 32.1. The third-order valence-electron chi connectivity index (χ3n) is 13.8. The van der Waals surface area contributed by atoms with E-state index in [0.717, 1.165) is 33.6 Å². The second-order valence-electron chi connectivity index (χ2n) is 17.7. The van der Waals surface area contributed by atoms with Crippen LogP contribution in [-0.4, -0.2) is 9.97 Å². The maximum absolute atomic E-state index is 5.15. The van der Waals surface area contributed by atoms with Gasteiger partial charge in [-0.1, -0.05) is 194 Å². The molecule has 0 amide bonds. The molecule has 0 unspecified atom stereocenters. The van der Waals surface area contributed by atoms with E-state index in [-0.39, 0.29) is 0 Å². The van der Waals surface area contributed by atoms with Crippen molar-refractivity contribution < 1.29 is 0 Å². The fourth-order valence-corrected chi connectivity index (χ4v) is 11.6. The van der Waals surface area contributed by atoms with Crippen molar-refractivity contribution >= 4 is 86.1 Å². The predicted octanol–water partition coefficient (Wildman–Crippen LogP) is 18.1. The summed E-state index contributed by atoms with van der Waals surface area (Å²) in [7, 11) is 0. The quantitative estimate of drug-likeness (QED) is 0.156. The molecule has 2 heterocycles. The van der Waals surface area contributed by atoms with Crippen molar-refractivity contribution in [2.24, 2.45) is 0 Å². The number of thiophene rings is 1. The first kappa shape index (κ1) is 37.8. The highest BCUT2D eigenvalue weighted by Crippen LogP contribution is 2.45. The number of hydrogen-bond acceptors (Lipinski definition) is 3. The monoisotopic (exact) mass is 866 g/mol. The van der Waals surface area contributed by atoms with E-state index >= 15 is 0 Å². The van der Waals surface area contributed by atoms with Gasteiger partial charge in [0.1, 0.15) is 0 Å². The first-order valence-corrected chi connectivity index (χ1v) is 23.7. The summed E-state index contributed by atoms with van der Waals surface area (Å²) in [5.41, 5.74) is 10.8. The van der Waals surface area contributed by atoms with Crippen LogP contribution >= 0.6 is 11.3 Å². The highest BCUT2D eigenvalue weighted by Gasteiger charge is 2.17. The molecule has 0 bridgehead atoms. The van der Waals surface area contributed by atoms with Crippen LogP contribution in [0.1, 0.15) is 0 Å². The van der Waals surface area contributed by atoms with Crippen LogP contribution in [0.5, 0.6) is 0 Å². The van der Waals surface area contributed by atoms with Gasteiger partial charge in [0.25, 0.3) is 0 Å². The summed E-state index contributed by atoms with van der Waals surface area (Å²) in [4.78, 5) is 11.5. The molecule has 14 aromatic rings. The molecule has 0 aliphatic heterocycles. The van der Waals surface area contributed by atoms with Gasteiger partial charge in [0, 0.05) is 26.3 Å². The minimum Gasteiger partial charge on any atom is -0.228 e. The Labute approximate surface area is 391 Å². The van der Waals surface area contributed by atoms with E-state index < -0.39 is 0 Å². The van der Waals surface area contributed by atoms with E-state index in [1.165, 1.54) is 102 Å². The molecule has 3 heteroatoms. The molecule has 0 saturated carbocycles. The minimum absolute atomic E-state index is 0.709. The van der Waals surface area contributed by atoms with Crippen molar-refractivity contribution in [3.8, 4) is 66.6 Å². The lowest BCUT2D eigenvalue weighted by atomic mass is 9.86. The minimum atomic E-state index is 0.709. The Hall–Kier alpha value is -8.50. The van der Waals surface area contributed by atoms with Gasteiger partial charge >= 0.3 is 0 Å². The third-order valence-corrected chi connectivity index (χ3v) is 14.9. The zero-order valence-corrected chi connectivity index (χ0v) is 37.1. The zero-order valence-electron chi connectivity index (χ0n) is 36.2. The zero-order chi connectivity index (χ0) is 44.0. The second kappa shape index (κ2) is 15.0. The molecule has 2 nitrogen and oxygen atoms in total. The lowest BCUT2D eigenvalue weighted by molar-refractivity contribution is 1.18. The normalized spacial score (nSPS) is 11.9. The standard InChI is InChI=1S/C64H38N2S/c1-2-10-46(11-3-1)64-65-56(38-57(66-64)47-16-6-17-48(34-47)59-37-49-12-4-5-21-58(49)67-59)42-28-26-40(27-29-42)39-22-24-41(25-23-39)51-35-50-33-32-45-14-8-19-53-52-18-7-13-43-30-31-44-15-9-20-54(62(44)60(43)52)55(36-51)63(50)61(45)53/h1-38H. The largest absolute Gasteiger partial charge is 0.228 e. The summed E-state index contributed by atoms with van der Waals surface area (Å²) in [6.45, 7) is 0. The van der Waals surface area contributed by atoms with Crippen LogP contribution < -0.4 is 0 Å². The number of rotatable bonds is 6. The average Bonchev–Trinajstić information content (AvgIpc) is 3.85. The van der Waals surface area contributed by atoms with E-state index in [1.54, 1.807) is 0 Å². The maximum atomic E-state index is 5.15. The fourth-order valence-electron chi connectivity index (χ4n) is 10.6. The maximum Gasteiger partial charge on any atom is 0.160 e. The molecular formula is C64H38N2S.